The van der Waals surface area contributed by atoms with E-state index in [9.17, 15) is 4.39 Å². The van der Waals surface area contributed by atoms with Crippen molar-refractivity contribution in [2.45, 2.75) is 46.3 Å². The van der Waals surface area contributed by atoms with Gasteiger partial charge in [-0.3, -0.25) is 9.89 Å². The standard InChI is InChI=1S/C20H29FN4O/c1-12(2)25-10-13(3)17(11-25)24-20(22-5)23-9-19-14(4)16-8-15(21)6-7-18(16)26-19/h6-8,12-13,17H,9-11H2,1-5H3,(H2,22,23,24). The number of rotatable bonds is 4. The van der Waals surface area contributed by atoms with E-state index in [1.165, 1.54) is 12.1 Å². The fourth-order valence-electron chi connectivity index (χ4n) is 3.56. The zero-order valence-electron chi connectivity index (χ0n) is 16.3. The van der Waals surface area contributed by atoms with Gasteiger partial charge in [0.25, 0.3) is 0 Å². The molecular formula is C20H29FN4O. The number of aliphatic imine (C=N–C) groups is 1. The molecule has 26 heavy (non-hydrogen) atoms. The van der Waals surface area contributed by atoms with Gasteiger partial charge in [-0.2, -0.15) is 0 Å². The van der Waals surface area contributed by atoms with Crippen LogP contribution in [0, 0.1) is 18.7 Å². The number of hydrogen-bond acceptors (Lipinski definition) is 3. The first-order valence-electron chi connectivity index (χ1n) is 9.27. The number of fused-ring (bicyclic) bond motifs is 1. The molecule has 0 amide bonds. The van der Waals surface area contributed by atoms with E-state index < -0.39 is 0 Å². The molecule has 5 nitrogen and oxygen atoms in total. The predicted octanol–water partition coefficient (Wildman–Crippen LogP) is 3.27. The molecule has 6 heteroatoms. The maximum Gasteiger partial charge on any atom is 0.191 e. The Balaban J connectivity index is 1.64. The van der Waals surface area contributed by atoms with Gasteiger partial charge in [0.05, 0.1) is 6.54 Å². The van der Waals surface area contributed by atoms with Gasteiger partial charge in [0, 0.05) is 43.2 Å². The number of likely N-dealkylation sites (tertiary alicyclic amines) is 1. The zero-order valence-corrected chi connectivity index (χ0v) is 16.3. The van der Waals surface area contributed by atoms with Crippen molar-refractivity contribution in [3.8, 4) is 0 Å². The van der Waals surface area contributed by atoms with E-state index in [1.807, 2.05) is 6.92 Å². The molecule has 0 bridgehead atoms. The van der Waals surface area contributed by atoms with Crippen LogP contribution in [0.1, 0.15) is 32.1 Å². The molecule has 2 N–H and O–H groups in total. The quantitative estimate of drug-likeness (QED) is 0.649. The molecule has 3 rings (SSSR count). The van der Waals surface area contributed by atoms with E-state index in [1.54, 1.807) is 13.1 Å². The number of benzene rings is 1. The maximum atomic E-state index is 13.5. The molecule has 2 heterocycles. The Morgan fingerprint density at radius 1 is 1.38 bits per heavy atom. The lowest BCUT2D eigenvalue weighted by molar-refractivity contribution is 0.265. The van der Waals surface area contributed by atoms with Crippen LogP contribution in [0.2, 0.25) is 0 Å². The summed E-state index contributed by atoms with van der Waals surface area (Å²) in [7, 11) is 1.77. The van der Waals surface area contributed by atoms with Crippen molar-refractivity contribution in [2.75, 3.05) is 20.1 Å². The summed E-state index contributed by atoms with van der Waals surface area (Å²) in [5, 5.41) is 7.68. The van der Waals surface area contributed by atoms with E-state index in [-0.39, 0.29) is 5.82 Å². The number of guanidine groups is 1. The summed E-state index contributed by atoms with van der Waals surface area (Å²) in [6.45, 7) is 11.3. The minimum absolute atomic E-state index is 0.247. The van der Waals surface area contributed by atoms with Crippen molar-refractivity contribution in [1.29, 1.82) is 0 Å². The van der Waals surface area contributed by atoms with E-state index in [0.717, 1.165) is 35.8 Å². The van der Waals surface area contributed by atoms with E-state index >= 15 is 0 Å². The SMILES string of the molecule is CN=C(NCc1oc2ccc(F)cc2c1C)NC1CN(C(C)C)CC1C. The summed E-state index contributed by atoms with van der Waals surface area (Å²) in [6.07, 6.45) is 0. The van der Waals surface area contributed by atoms with Crippen LogP contribution in [0.5, 0.6) is 0 Å². The Morgan fingerprint density at radius 2 is 2.15 bits per heavy atom. The normalized spacial score (nSPS) is 21.7. The number of nitrogens with zero attached hydrogens (tertiary/aromatic N) is 2. The van der Waals surface area contributed by atoms with Crippen molar-refractivity contribution in [2.24, 2.45) is 10.9 Å². The van der Waals surface area contributed by atoms with Crippen molar-refractivity contribution in [1.82, 2.24) is 15.5 Å². The Labute approximate surface area is 154 Å². The molecular weight excluding hydrogens is 331 g/mol. The summed E-state index contributed by atoms with van der Waals surface area (Å²) in [5.74, 6) is 1.88. The van der Waals surface area contributed by atoms with Crippen LogP contribution in [0.4, 0.5) is 4.39 Å². The minimum Gasteiger partial charge on any atom is -0.459 e. The largest absolute Gasteiger partial charge is 0.459 e. The fourth-order valence-corrected chi connectivity index (χ4v) is 3.56. The lowest BCUT2D eigenvalue weighted by Gasteiger charge is -2.21. The van der Waals surface area contributed by atoms with Crippen LogP contribution in [-0.2, 0) is 6.54 Å². The third-order valence-electron chi connectivity index (χ3n) is 5.33. The van der Waals surface area contributed by atoms with Gasteiger partial charge in [0.2, 0.25) is 0 Å². The van der Waals surface area contributed by atoms with Crippen LogP contribution in [0.15, 0.2) is 27.6 Å². The smallest absolute Gasteiger partial charge is 0.191 e. The molecule has 142 valence electrons. The van der Waals surface area contributed by atoms with Gasteiger partial charge in [-0.25, -0.2) is 4.39 Å². The summed E-state index contributed by atoms with van der Waals surface area (Å²) >= 11 is 0. The Hall–Kier alpha value is -2.08. The average molecular weight is 360 g/mol. The van der Waals surface area contributed by atoms with E-state index in [2.05, 4.69) is 41.3 Å². The van der Waals surface area contributed by atoms with Crippen molar-refractivity contribution in [3.05, 3.63) is 35.3 Å². The lowest BCUT2D eigenvalue weighted by Crippen LogP contribution is -2.46. The highest BCUT2D eigenvalue weighted by atomic mass is 19.1. The van der Waals surface area contributed by atoms with Gasteiger partial charge in [-0.1, -0.05) is 6.92 Å². The monoisotopic (exact) mass is 360 g/mol. The second kappa shape index (κ2) is 7.66. The van der Waals surface area contributed by atoms with Crippen LogP contribution in [-0.4, -0.2) is 43.1 Å². The highest BCUT2D eigenvalue weighted by molar-refractivity contribution is 5.83. The van der Waals surface area contributed by atoms with Crippen LogP contribution >= 0.6 is 0 Å². The first-order chi connectivity index (χ1) is 12.4. The van der Waals surface area contributed by atoms with E-state index in [0.29, 0.717) is 30.1 Å². The fraction of sp³-hybridized carbons (Fsp3) is 0.550. The van der Waals surface area contributed by atoms with Gasteiger partial charge < -0.3 is 15.1 Å². The first-order valence-corrected chi connectivity index (χ1v) is 9.27. The highest BCUT2D eigenvalue weighted by Crippen LogP contribution is 2.26. The van der Waals surface area contributed by atoms with Crippen molar-refractivity contribution in [3.63, 3.8) is 0 Å². The van der Waals surface area contributed by atoms with Gasteiger partial charge in [-0.15, -0.1) is 0 Å². The minimum atomic E-state index is -0.247. The molecule has 1 aliphatic heterocycles. The van der Waals surface area contributed by atoms with Gasteiger partial charge >= 0.3 is 0 Å². The average Bonchev–Trinajstić information content (AvgIpc) is 3.12. The molecule has 2 aromatic rings. The first kappa shape index (κ1) is 18.7. The number of nitrogens with one attached hydrogen (secondary N) is 2. The van der Waals surface area contributed by atoms with Gasteiger partial charge in [0.15, 0.2) is 5.96 Å². The second-order valence-electron chi connectivity index (χ2n) is 7.49. The third kappa shape index (κ3) is 3.85. The molecule has 1 aromatic carbocycles. The highest BCUT2D eigenvalue weighted by Gasteiger charge is 2.31. The topological polar surface area (TPSA) is 52.8 Å². The van der Waals surface area contributed by atoms with Crippen LogP contribution in [0.3, 0.4) is 0 Å². The number of aryl methyl sites for hydroxylation is 1. The summed E-state index contributed by atoms with van der Waals surface area (Å²) in [5.41, 5.74) is 1.67. The summed E-state index contributed by atoms with van der Waals surface area (Å²) in [6, 6.07) is 5.54. The second-order valence-corrected chi connectivity index (χ2v) is 7.49. The van der Waals surface area contributed by atoms with Gasteiger partial charge in [0.1, 0.15) is 17.2 Å². The van der Waals surface area contributed by atoms with Crippen molar-refractivity contribution >= 4 is 16.9 Å². The Kier molecular flexibility index (Phi) is 5.51. The number of halogens is 1. The van der Waals surface area contributed by atoms with Gasteiger partial charge in [-0.05, 0) is 44.9 Å². The Morgan fingerprint density at radius 3 is 2.81 bits per heavy atom. The lowest BCUT2D eigenvalue weighted by atomic mass is 10.1. The van der Waals surface area contributed by atoms with Crippen LogP contribution < -0.4 is 10.6 Å². The molecule has 0 spiro atoms. The molecule has 1 saturated heterocycles. The molecule has 1 fully saturated rings. The predicted molar refractivity (Wildman–Crippen MR) is 104 cm³/mol. The van der Waals surface area contributed by atoms with Crippen LogP contribution in [0.25, 0.3) is 11.0 Å². The maximum absolute atomic E-state index is 13.5. The molecule has 1 aromatic heterocycles. The molecule has 0 radical (unpaired) electrons. The van der Waals surface area contributed by atoms with E-state index in [4.69, 9.17) is 4.42 Å². The molecule has 0 aliphatic carbocycles. The molecule has 0 saturated carbocycles. The summed E-state index contributed by atoms with van der Waals surface area (Å²) < 4.78 is 19.3. The number of furan rings is 1. The molecule has 1 aliphatic rings. The van der Waals surface area contributed by atoms with Crippen molar-refractivity contribution < 1.29 is 8.81 Å². The summed E-state index contributed by atoms with van der Waals surface area (Å²) in [4.78, 5) is 6.82. The molecule has 2 atom stereocenters. The zero-order chi connectivity index (χ0) is 18.8. The molecule has 2 unspecified atom stereocenters. The third-order valence-corrected chi connectivity index (χ3v) is 5.33. The Bertz CT molecular complexity index is 798. The number of hydrogen-bond donors (Lipinski definition) is 2.